The second kappa shape index (κ2) is 5.86. The van der Waals surface area contributed by atoms with Crippen molar-refractivity contribution in [3.8, 4) is 0 Å². The summed E-state index contributed by atoms with van der Waals surface area (Å²) in [6.45, 7) is 1.43. The topological polar surface area (TPSA) is 66.4 Å². The molecule has 1 rings (SSSR count). The molecule has 0 unspecified atom stereocenters. The quantitative estimate of drug-likeness (QED) is 0.851. The third kappa shape index (κ3) is 4.20. The average molecular weight is 262 g/mol. The maximum Gasteiger partial charge on any atom is 0.325 e. The Hall–Kier alpha value is -1.07. The summed E-state index contributed by atoms with van der Waals surface area (Å²) < 4.78 is 0.689. The first-order valence-corrected chi connectivity index (χ1v) is 5.95. The fraction of sp³-hybridized carbons (Fsp3) is 0.400. The molecule has 0 aliphatic heterocycles. The normalized spacial score (nSPS) is 12.1. The van der Waals surface area contributed by atoms with Gasteiger partial charge in [-0.15, -0.1) is 11.3 Å². The number of halogens is 1. The van der Waals surface area contributed by atoms with Crippen LogP contribution in [0.3, 0.4) is 0 Å². The Balaban J connectivity index is 2.33. The largest absolute Gasteiger partial charge is 0.480 e. The van der Waals surface area contributed by atoms with Gasteiger partial charge in [0.25, 0.3) is 0 Å². The lowest BCUT2D eigenvalue weighted by Crippen LogP contribution is -2.38. The van der Waals surface area contributed by atoms with E-state index >= 15 is 0 Å². The Bertz CT molecular complexity index is 391. The van der Waals surface area contributed by atoms with Crippen molar-refractivity contribution in [1.82, 2.24) is 5.32 Å². The van der Waals surface area contributed by atoms with Crippen molar-refractivity contribution in [3.05, 3.63) is 21.3 Å². The van der Waals surface area contributed by atoms with Crippen molar-refractivity contribution in [2.75, 3.05) is 0 Å². The minimum Gasteiger partial charge on any atom is -0.480 e. The minimum atomic E-state index is -1.03. The summed E-state index contributed by atoms with van der Waals surface area (Å²) in [6.07, 6.45) is 0.851. The highest BCUT2D eigenvalue weighted by molar-refractivity contribution is 7.16. The van der Waals surface area contributed by atoms with Gasteiger partial charge in [-0.1, -0.05) is 11.6 Å². The van der Waals surface area contributed by atoms with Crippen LogP contribution in [0.1, 0.15) is 18.2 Å². The van der Waals surface area contributed by atoms with E-state index in [1.165, 1.54) is 18.3 Å². The molecule has 1 aromatic rings. The smallest absolute Gasteiger partial charge is 0.325 e. The van der Waals surface area contributed by atoms with Gasteiger partial charge in [0.15, 0.2) is 0 Å². The van der Waals surface area contributed by atoms with Crippen LogP contribution < -0.4 is 5.32 Å². The maximum absolute atomic E-state index is 11.3. The zero-order valence-corrected chi connectivity index (χ0v) is 10.3. The molecule has 2 N–H and O–H groups in total. The molecule has 1 heterocycles. The van der Waals surface area contributed by atoms with Gasteiger partial charge in [-0.25, -0.2) is 0 Å². The number of carboxylic acids is 1. The molecule has 0 radical (unpaired) electrons. The summed E-state index contributed by atoms with van der Waals surface area (Å²) in [5.74, 6) is -1.30. The zero-order valence-electron chi connectivity index (χ0n) is 8.70. The Morgan fingerprint density at radius 3 is 2.75 bits per heavy atom. The predicted octanol–water partition coefficient (Wildman–Crippen LogP) is 1.92. The highest BCUT2D eigenvalue weighted by Crippen LogP contribution is 2.22. The SMILES string of the molecule is C[C@H](NC(=O)CCc1ccc(Cl)s1)C(=O)O. The van der Waals surface area contributed by atoms with E-state index in [1.54, 1.807) is 6.07 Å². The van der Waals surface area contributed by atoms with Crippen LogP contribution in [0.15, 0.2) is 12.1 Å². The van der Waals surface area contributed by atoms with Gasteiger partial charge >= 0.3 is 5.97 Å². The summed E-state index contributed by atoms with van der Waals surface area (Å²) in [4.78, 5) is 22.8. The number of hydrogen-bond donors (Lipinski definition) is 2. The summed E-state index contributed by atoms with van der Waals surface area (Å²) in [5, 5.41) is 11.0. The number of nitrogens with one attached hydrogen (secondary N) is 1. The second-order valence-corrected chi connectivity index (χ2v) is 5.13. The van der Waals surface area contributed by atoms with Gasteiger partial charge < -0.3 is 10.4 Å². The molecule has 88 valence electrons. The molecule has 0 bridgehead atoms. The molecule has 1 amide bonds. The zero-order chi connectivity index (χ0) is 12.1. The minimum absolute atomic E-state index is 0.264. The van der Waals surface area contributed by atoms with Gasteiger partial charge in [0.1, 0.15) is 6.04 Å². The molecule has 0 fully saturated rings. The van der Waals surface area contributed by atoms with E-state index < -0.39 is 12.0 Å². The van der Waals surface area contributed by atoms with E-state index in [-0.39, 0.29) is 12.3 Å². The first-order valence-electron chi connectivity index (χ1n) is 4.75. The van der Waals surface area contributed by atoms with Gasteiger partial charge in [0.2, 0.25) is 5.91 Å². The van der Waals surface area contributed by atoms with E-state index in [1.807, 2.05) is 6.07 Å². The highest BCUT2D eigenvalue weighted by Gasteiger charge is 2.13. The third-order valence-electron chi connectivity index (χ3n) is 1.98. The molecule has 1 atom stereocenters. The van der Waals surface area contributed by atoms with Gasteiger partial charge in [0, 0.05) is 11.3 Å². The van der Waals surface area contributed by atoms with Crippen LogP contribution in [0.25, 0.3) is 0 Å². The van der Waals surface area contributed by atoms with Crippen LogP contribution in [0, 0.1) is 0 Å². The van der Waals surface area contributed by atoms with Crippen LogP contribution in [0.2, 0.25) is 4.34 Å². The van der Waals surface area contributed by atoms with Crippen molar-refractivity contribution in [2.24, 2.45) is 0 Å². The summed E-state index contributed by atoms with van der Waals surface area (Å²) in [5.41, 5.74) is 0. The standard InChI is InChI=1S/C10H12ClNO3S/c1-6(10(14)15)12-9(13)5-3-7-2-4-8(11)16-7/h2,4,6H,3,5H2,1H3,(H,12,13)(H,14,15)/t6-/m0/s1. The van der Waals surface area contributed by atoms with Gasteiger partial charge in [-0.2, -0.15) is 0 Å². The van der Waals surface area contributed by atoms with Gasteiger partial charge in [-0.05, 0) is 25.5 Å². The molecule has 0 aliphatic rings. The van der Waals surface area contributed by atoms with E-state index in [2.05, 4.69) is 5.32 Å². The summed E-state index contributed by atoms with van der Waals surface area (Å²) >= 11 is 7.17. The van der Waals surface area contributed by atoms with Gasteiger partial charge in [0.05, 0.1) is 4.34 Å². The summed E-state index contributed by atoms with van der Waals surface area (Å²) in [7, 11) is 0. The van der Waals surface area contributed by atoms with Gasteiger partial charge in [-0.3, -0.25) is 9.59 Å². The molecule has 16 heavy (non-hydrogen) atoms. The maximum atomic E-state index is 11.3. The molecule has 0 aromatic carbocycles. The molecular weight excluding hydrogens is 250 g/mol. The highest BCUT2D eigenvalue weighted by atomic mass is 35.5. The van der Waals surface area contributed by atoms with Crippen molar-refractivity contribution in [2.45, 2.75) is 25.8 Å². The lowest BCUT2D eigenvalue weighted by atomic mass is 10.2. The Labute approximate surface area is 102 Å². The summed E-state index contributed by atoms with van der Waals surface area (Å²) in [6, 6.07) is 2.79. The molecule has 6 heteroatoms. The van der Waals surface area contributed by atoms with Crippen molar-refractivity contribution < 1.29 is 14.7 Å². The van der Waals surface area contributed by atoms with Crippen LogP contribution >= 0.6 is 22.9 Å². The average Bonchev–Trinajstić information content (AvgIpc) is 2.61. The van der Waals surface area contributed by atoms with E-state index in [0.29, 0.717) is 10.8 Å². The number of hydrogen-bond acceptors (Lipinski definition) is 3. The number of aliphatic carboxylic acids is 1. The predicted molar refractivity (Wildman–Crippen MR) is 62.9 cm³/mol. The number of rotatable bonds is 5. The number of carboxylic acid groups (broad SMARTS) is 1. The number of thiophene rings is 1. The van der Waals surface area contributed by atoms with Crippen molar-refractivity contribution in [3.63, 3.8) is 0 Å². The Kier molecular flexibility index (Phi) is 4.76. The lowest BCUT2D eigenvalue weighted by molar-refractivity contribution is -0.141. The molecule has 0 saturated carbocycles. The third-order valence-corrected chi connectivity index (χ3v) is 3.27. The molecule has 1 aromatic heterocycles. The van der Waals surface area contributed by atoms with Crippen LogP contribution in [-0.4, -0.2) is 23.0 Å². The van der Waals surface area contributed by atoms with Crippen LogP contribution in [-0.2, 0) is 16.0 Å². The van der Waals surface area contributed by atoms with E-state index in [0.717, 1.165) is 4.88 Å². The monoisotopic (exact) mass is 261 g/mol. The fourth-order valence-electron chi connectivity index (χ4n) is 1.10. The first kappa shape index (κ1) is 13.0. The molecule has 0 spiro atoms. The van der Waals surface area contributed by atoms with Crippen LogP contribution in [0.5, 0.6) is 0 Å². The Morgan fingerprint density at radius 2 is 2.25 bits per heavy atom. The second-order valence-electron chi connectivity index (χ2n) is 3.33. The number of carbonyl (C=O) groups is 2. The Morgan fingerprint density at radius 1 is 1.56 bits per heavy atom. The fourth-order valence-corrected chi connectivity index (χ4v) is 2.19. The van der Waals surface area contributed by atoms with Crippen LogP contribution in [0.4, 0.5) is 0 Å². The molecule has 0 saturated heterocycles. The van der Waals surface area contributed by atoms with E-state index in [4.69, 9.17) is 16.7 Å². The number of amides is 1. The molecule has 4 nitrogen and oxygen atoms in total. The molecule has 0 aliphatic carbocycles. The number of aryl methyl sites for hydroxylation is 1. The van der Waals surface area contributed by atoms with Crippen molar-refractivity contribution in [1.29, 1.82) is 0 Å². The first-order chi connectivity index (χ1) is 7.49. The lowest BCUT2D eigenvalue weighted by Gasteiger charge is -2.08. The van der Waals surface area contributed by atoms with E-state index in [9.17, 15) is 9.59 Å². The molecular formula is C10H12ClNO3S. The van der Waals surface area contributed by atoms with Crippen molar-refractivity contribution >= 4 is 34.8 Å². The number of carbonyl (C=O) groups excluding carboxylic acids is 1.